The van der Waals surface area contributed by atoms with Gasteiger partial charge >= 0.3 is 0 Å². The summed E-state index contributed by atoms with van der Waals surface area (Å²) in [4.78, 5) is 1.47. The summed E-state index contributed by atoms with van der Waals surface area (Å²) in [7, 11) is 1.58. The normalized spacial score (nSPS) is 11.9. The largest absolute Gasteiger partial charge is 0.397 e. The van der Waals surface area contributed by atoms with Gasteiger partial charge in [0.05, 0.1) is 23.9 Å². The molecule has 0 radical (unpaired) electrons. The van der Waals surface area contributed by atoms with E-state index in [2.05, 4.69) is 0 Å². The molecule has 0 aromatic heterocycles. The molecule has 1 unspecified atom stereocenters. The molecule has 0 spiro atoms. The molecule has 0 aliphatic rings. The van der Waals surface area contributed by atoms with Crippen LogP contribution in [-0.4, -0.2) is 13.1 Å². The highest BCUT2D eigenvalue weighted by Crippen LogP contribution is 2.29. The van der Waals surface area contributed by atoms with Gasteiger partial charge in [-0.15, -0.1) is 0 Å². The van der Waals surface area contributed by atoms with Crippen molar-refractivity contribution in [2.24, 2.45) is 0 Å². The van der Waals surface area contributed by atoms with Gasteiger partial charge in [-0.2, -0.15) is 5.26 Å². The zero-order valence-electron chi connectivity index (χ0n) is 9.17. The van der Waals surface area contributed by atoms with Crippen molar-refractivity contribution >= 4 is 11.4 Å². The summed E-state index contributed by atoms with van der Waals surface area (Å²) >= 11 is 0. The van der Waals surface area contributed by atoms with Crippen molar-refractivity contribution in [1.29, 1.82) is 5.26 Å². The lowest BCUT2D eigenvalue weighted by atomic mass is 10.1. The molecule has 0 amide bonds. The number of halogens is 2. The summed E-state index contributed by atoms with van der Waals surface area (Å²) < 4.78 is 26.6. The van der Waals surface area contributed by atoms with Gasteiger partial charge in [-0.25, -0.2) is 8.78 Å². The van der Waals surface area contributed by atoms with Crippen molar-refractivity contribution < 1.29 is 8.78 Å². The number of hydrogen-bond donors (Lipinski definition) is 1. The van der Waals surface area contributed by atoms with E-state index in [0.29, 0.717) is 0 Å². The average Bonchev–Trinajstić information content (AvgIpc) is 2.24. The molecule has 1 atom stereocenters. The van der Waals surface area contributed by atoms with Crippen LogP contribution in [0.2, 0.25) is 0 Å². The van der Waals surface area contributed by atoms with Gasteiger partial charge in [0.15, 0.2) is 11.6 Å². The van der Waals surface area contributed by atoms with E-state index in [4.69, 9.17) is 11.0 Å². The van der Waals surface area contributed by atoms with E-state index in [0.717, 1.165) is 6.07 Å². The first kappa shape index (κ1) is 12.2. The van der Waals surface area contributed by atoms with Crippen molar-refractivity contribution in [3.8, 4) is 6.07 Å². The first-order valence-corrected chi connectivity index (χ1v) is 4.82. The maximum atomic E-state index is 13.5. The van der Waals surface area contributed by atoms with E-state index in [1.807, 2.05) is 6.07 Å². The number of nitrogens with zero attached hydrogens (tertiary/aromatic N) is 2. The van der Waals surface area contributed by atoms with Crippen LogP contribution in [0.4, 0.5) is 20.2 Å². The fraction of sp³-hybridized carbons (Fsp3) is 0.364. The first-order chi connectivity index (χ1) is 7.49. The summed E-state index contributed by atoms with van der Waals surface area (Å²) in [6.45, 7) is 1.74. The van der Waals surface area contributed by atoms with Gasteiger partial charge in [-0.05, 0) is 19.1 Å². The highest BCUT2D eigenvalue weighted by Gasteiger charge is 2.19. The molecule has 1 aromatic carbocycles. The molecule has 1 rings (SSSR count). The summed E-state index contributed by atoms with van der Waals surface area (Å²) in [6.07, 6.45) is 0.214. The average molecular weight is 225 g/mol. The Balaban J connectivity index is 3.13. The fourth-order valence-electron chi connectivity index (χ4n) is 1.40. The van der Waals surface area contributed by atoms with Crippen LogP contribution in [0.1, 0.15) is 13.3 Å². The minimum absolute atomic E-state index is 0.00255. The van der Waals surface area contributed by atoms with E-state index in [1.165, 1.54) is 11.0 Å². The van der Waals surface area contributed by atoms with Gasteiger partial charge in [0.1, 0.15) is 0 Å². The highest BCUT2D eigenvalue weighted by molar-refractivity contribution is 5.68. The van der Waals surface area contributed by atoms with Gasteiger partial charge in [0.2, 0.25) is 0 Å². The Morgan fingerprint density at radius 2 is 2.12 bits per heavy atom. The molecule has 86 valence electrons. The predicted molar refractivity (Wildman–Crippen MR) is 58.9 cm³/mol. The third-order valence-corrected chi connectivity index (χ3v) is 2.50. The van der Waals surface area contributed by atoms with E-state index >= 15 is 0 Å². The molecular formula is C11H13F2N3. The number of rotatable bonds is 3. The zero-order chi connectivity index (χ0) is 12.3. The summed E-state index contributed by atoms with van der Waals surface area (Å²) in [5.74, 6) is -1.92. The molecule has 0 aliphatic carbocycles. The van der Waals surface area contributed by atoms with Crippen LogP contribution in [0.3, 0.4) is 0 Å². The lowest BCUT2D eigenvalue weighted by Gasteiger charge is -2.26. The monoisotopic (exact) mass is 225 g/mol. The van der Waals surface area contributed by atoms with Gasteiger partial charge in [-0.1, -0.05) is 0 Å². The summed E-state index contributed by atoms with van der Waals surface area (Å²) in [5, 5.41) is 8.55. The molecule has 3 nitrogen and oxygen atoms in total. The second kappa shape index (κ2) is 4.79. The van der Waals surface area contributed by atoms with Crippen LogP contribution in [0.25, 0.3) is 0 Å². The highest BCUT2D eigenvalue weighted by atomic mass is 19.2. The van der Waals surface area contributed by atoms with Crippen LogP contribution < -0.4 is 10.6 Å². The lowest BCUT2D eigenvalue weighted by molar-refractivity contribution is 0.505. The van der Waals surface area contributed by atoms with Gasteiger partial charge in [0, 0.05) is 13.1 Å². The van der Waals surface area contributed by atoms with Crippen molar-refractivity contribution in [2.45, 2.75) is 19.4 Å². The molecule has 0 saturated carbocycles. The Hall–Kier alpha value is -1.83. The smallest absolute Gasteiger partial charge is 0.184 e. The second-order valence-electron chi connectivity index (χ2n) is 3.62. The van der Waals surface area contributed by atoms with E-state index in [-0.39, 0.29) is 23.8 Å². The molecule has 0 fully saturated rings. The number of nitrogens with two attached hydrogens (primary N) is 1. The number of nitrogen functional groups attached to an aromatic ring is 1. The first-order valence-electron chi connectivity index (χ1n) is 4.82. The van der Waals surface area contributed by atoms with Gasteiger partial charge < -0.3 is 10.6 Å². The summed E-state index contributed by atoms with van der Waals surface area (Å²) in [5.41, 5.74) is 5.75. The molecule has 16 heavy (non-hydrogen) atoms. The van der Waals surface area contributed by atoms with Crippen molar-refractivity contribution in [3.63, 3.8) is 0 Å². The minimum atomic E-state index is -0.979. The van der Waals surface area contributed by atoms with Crippen LogP contribution in [0.15, 0.2) is 12.1 Å². The standard InChI is InChI=1S/C11H13F2N3/c1-7(5-6-14)16(2)11-9(15)4-3-8(12)10(11)13/h3-4,7H,5,15H2,1-2H3. The topological polar surface area (TPSA) is 53.0 Å². The molecule has 0 saturated heterocycles. The third kappa shape index (κ3) is 2.22. The van der Waals surface area contributed by atoms with Gasteiger partial charge in [0.25, 0.3) is 0 Å². The number of anilines is 2. The second-order valence-corrected chi connectivity index (χ2v) is 3.62. The van der Waals surface area contributed by atoms with E-state index in [9.17, 15) is 8.78 Å². The Labute approximate surface area is 93.1 Å². The Kier molecular flexibility index (Phi) is 3.67. The zero-order valence-corrected chi connectivity index (χ0v) is 9.17. The molecule has 0 aliphatic heterocycles. The number of hydrogen-bond acceptors (Lipinski definition) is 3. The SMILES string of the molecule is CC(CC#N)N(C)c1c(N)ccc(F)c1F. The molecule has 2 N–H and O–H groups in total. The van der Waals surface area contributed by atoms with Crippen LogP contribution >= 0.6 is 0 Å². The van der Waals surface area contributed by atoms with Crippen LogP contribution in [0, 0.1) is 23.0 Å². The Morgan fingerprint density at radius 1 is 1.50 bits per heavy atom. The van der Waals surface area contributed by atoms with E-state index < -0.39 is 11.6 Å². The molecule has 1 aromatic rings. The quantitative estimate of drug-likeness (QED) is 0.803. The van der Waals surface area contributed by atoms with Crippen LogP contribution in [0.5, 0.6) is 0 Å². The van der Waals surface area contributed by atoms with Gasteiger partial charge in [-0.3, -0.25) is 0 Å². The Bertz CT molecular complexity index is 426. The number of benzene rings is 1. The van der Waals surface area contributed by atoms with Crippen molar-refractivity contribution in [2.75, 3.05) is 17.7 Å². The lowest BCUT2D eigenvalue weighted by Crippen LogP contribution is -2.30. The van der Waals surface area contributed by atoms with Crippen molar-refractivity contribution in [1.82, 2.24) is 0 Å². The minimum Gasteiger partial charge on any atom is -0.397 e. The van der Waals surface area contributed by atoms with E-state index in [1.54, 1.807) is 14.0 Å². The van der Waals surface area contributed by atoms with Crippen molar-refractivity contribution in [3.05, 3.63) is 23.8 Å². The summed E-state index contributed by atoms with van der Waals surface area (Å²) in [6, 6.07) is 4.03. The fourth-order valence-corrected chi connectivity index (χ4v) is 1.40. The molecular weight excluding hydrogens is 212 g/mol. The molecule has 0 heterocycles. The molecule has 0 bridgehead atoms. The maximum absolute atomic E-state index is 13.5. The molecule has 5 heteroatoms. The van der Waals surface area contributed by atoms with Crippen LogP contribution in [-0.2, 0) is 0 Å². The third-order valence-electron chi connectivity index (χ3n) is 2.50. The maximum Gasteiger partial charge on any atom is 0.184 e. The Morgan fingerprint density at radius 3 is 2.69 bits per heavy atom. The predicted octanol–water partition coefficient (Wildman–Crippen LogP) is 2.29. The number of nitriles is 1.